The maximum Gasteiger partial charge on any atom is 0.310 e. The van der Waals surface area contributed by atoms with E-state index >= 15 is 0 Å². The maximum atomic E-state index is 12.1. The van der Waals surface area contributed by atoms with E-state index < -0.39 is 21.4 Å². The molecule has 0 atom stereocenters. The van der Waals surface area contributed by atoms with Gasteiger partial charge in [-0.3, -0.25) is 4.79 Å². The highest BCUT2D eigenvalue weighted by molar-refractivity contribution is 9.11. The van der Waals surface area contributed by atoms with E-state index in [1.54, 1.807) is 12.1 Å². The Morgan fingerprint density at radius 1 is 1.37 bits per heavy atom. The van der Waals surface area contributed by atoms with Crippen LogP contribution in [0.5, 0.6) is 0 Å². The van der Waals surface area contributed by atoms with Crippen LogP contribution in [0, 0.1) is 5.41 Å². The second-order valence-electron chi connectivity index (χ2n) is 4.59. The standard InChI is InChI=1S/C11H13Br2NO4S/c1-11(2,10(15)16)6-14-19(17,18)9-4-3-7(12)5-8(9)13/h3-5,14H,6H2,1-2H3,(H,15,16). The Hall–Kier alpha value is -0.440. The average Bonchev–Trinajstić information content (AvgIpc) is 2.26. The summed E-state index contributed by atoms with van der Waals surface area (Å²) in [6, 6.07) is 4.64. The minimum Gasteiger partial charge on any atom is -0.481 e. The zero-order valence-electron chi connectivity index (χ0n) is 10.3. The van der Waals surface area contributed by atoms with Crippen LogP contribution < -0.4 is 4.72 Å². The van der Waals surface area contributed by atoms with E-state index in [1.165, 1.54) is 19.9 Å². The van der Waals surface area contributed by atoms with Gasteiger partial charge in [0.2, 0.25) is 10.0 Å². The lowest BCUT2D eigenvalue weighted by atomic mass is 9.95. The van der Waals surface area contributed by atoms with Crippen LogP contribution in [0.2, 0.25) is 0 Å². The number of benzene rings is 1. The van der Waals surface area contributed by atoms with Crippen LogP contribution in [-0.2, 0) is 14.8 Å². The molecule has 0 radical (unpaired) electrons. The van der Waals surface area contributed by atoms with Crippen molar-refractivity contribution in [2.24, 2.45) is 5.41 Å². The number of carbonyl (C=O) groups is 1. The summed E-state index contributed by atoms with van der Waals surface area (Å²) in [5.41, 5.74) is -1.17. The summed E-state index contributed by atoms with van der Waals surface area (Å²) in [6.07, 6.45) is 0. The molecule has 0 spiro atoms. The molecule has 0 aliphatic heterocycles. The Bertz CT molecular complexity index is 599. The van der Waals surface area contributed by atoms with E-state index in [4.69, 9.17) is 5.11 Å². The lowest BCUT2D eigenvalue weighted by molar-refractivity contribution is -0.146. The molecule has 5 nitrogen and oxygen atoms in total. The van der Waals surface area contributed by atoms with E-state index in [0.29, 0.717) is 4.47 Å². The van der Waals surface area contributed by atoms with Crippen molar-refractivity contribution in [3.05, 3.63) is 27.1 Å². The number of nitrogens with one attached hydrogen (secondary N) is 1. The smallest absolute Gasteiger partial charge is 0.310 e. The molecule has 0 aliphatic rings. The Kier molecular flexibility index (Phi) is 5.16. The van der Waals surface area contributed by atoms with E-state index in [2.05, 4.69) is 36.6 Å². The average molecular weight is 415 g/mol. The number of hydrogen-bond donors (Lipinski definition) is 2. The molecule has 1 rings (SSSR count). The second-order valence-corrected chi connectivity index (χ2v) is 8.09. The van der Waals surface area contributed by atoms with Gasteiger partial charge < -0.3 is 5.11 Å². The van der Waals surface area contributed by atoms with Gasteiger partial charge in [0, 0.05) is 15.5 Å². The largest absolute Gasteiger partial charge is 0.481 e. The van der Waals surface area contributed by atoms with Gasteiger partial charge in [-0.05, 0) is 48.0 Å². The third-order valence-corrected chi connectivity index (χ3v) is 5.34. The molecular formula is C11H13Br2NO4S. The molecule has 0 aliphatic carbocycles. The SMILES string of the molecule is CC(C)(CNS(=O)(=O)c1ccc(Br)cc1Br)C(=O)O. The number of halogens is 2. The fourth-order valence-corrected chi connectivity index (χ4v) is 4.08. The number of carboxylic acids is 1. The summed E-state index contributed by atoms with van der Waals surface area (Å²) in [7, 11) is -3.76. The Balaban J connectivity index is 2.97. The molecule has 0 amide bonds. The zero-order chi connectivity index (χ0) is 14.8. The second kappa shape index (κ2) is 5.90. The molecule has 0 saturated heterocycles. The van der Waals surface area contributed by atoms with Gasteiger partial charge in [-0.15, -0.1) is 0 Å². The van der Waals surface area contributed by atoms with Crippen LogP contribution in [0.3, 0.4) is 0 Å². The summed E-state index contributed by atoms with van der Waals surface area (Å²) in [6.45, 7) is 2.72. The first-order chi connectivity index (χ1) is 8.56. The van der Waals surface area contributed by atoms with Crippen molar-refractivity contribution in [2.75, 3.05) is 6.54 Å². The Morgan fingerprint density at radius 3 is 2.42 bits per heavy atom. The highest BCUT2D eigenvalue weighted by atomic mass is 79.9. The third-order valence-electron chi connectivity index (χ3n) is 2.47. The summed E-state index contributed by atoms with van der Waals surface area (Å²) >= 11 is 6.40. The summed E-state index contributed by atoms with van der Waals surface area (Å²) < 4.78 is 27.6. The van der Waals surface area contributed by atoms with Gasteiger partial charge in [0.1, 0.15) is 0 Å². The normalized spacial score (nSPS) is 12.4. The van der Waals surface area contributed by atoms with Crippen LogP contribution in [-0.4, -0.2) is 26.0 Å². The number of aliphatic carboxylic acids is 1. The van der Waals surface area contributed by atoms with Crippen molar-refractivity contribution in [2.45, 2.75) is 18.7 Å². The lowest BCUT2D eigenvalue weighted by Gasteiger charge is -2.19. The van der Waals surface area contributed by atoms with Crippen molar-refractivity contribution in [1.82, 2.24) is 4.72 Å². The Labute approximate surface area is 128 Å². The van der Waals surface area contributed by atoms with Gasteiger partial charge in [0.05, 0.1) is 10.3 Å². The molecule has 0 saturated carbocycles. The van der Waals surface area contributed by atoms with Gasteiger partial charge in [0.15, 0.2) is 0 Å². The van der Waals surface area contributed by atoms with E-state index in [9.17, 15) is 13.2 Å². The monoisotopic (exact) mass is 413 g/mol. The summed E-state index contributed by atoms with van der Waals surface area (Å²) in [4.78, 5) is 11.0. The van der Waals surface area contributed by atoms with E-state index in [-0.39, 0.29) is 11.4 Å². The quantitative estimate of drug-likeness (QED) is 0.775. The zero-order valence-corrected chi connectivity index (χ0v) is 14.3. The lowest BCUT2D eigenvalue weighted by Crippen LogP contribution is -2.38. The van der Waals surface area contributed by atoms with Crippen molar-refractivity contribution in [1.29, 1.82) is 0 Å². The minimum absolute atomic E-state index is 0.0666. The highest BCUT2D eigenvalue weighted by Crippen LogP contribution is 2.26. The third kappa shape index (κ3) is 4.27. The molecule has 0 aromatic heterocycles. The van der Waals surface area contributed by atoms with Crippen molar-refractivity contribution in [3.63, 3.8) is 0 Å². The fourth-order valence-electron chi connectivity index (χ4n) is 1.12. The van der Waals surface area contributed by atoms with E-state index in [0.717, 1.165) is 4.47 Å². The molecule has 19 heavy (non-hydrogen) atoms. The van der Waals surface area contributed by atoms with Crippen LogP contribution in [0.25, 0.3) is 0 Å². The highest BCUT2D eigenvalue weighted by Gasteiger charge is 2.29. The predicted octanol–water partition coefficient (Wildman–Crippen LogP) is 2.60. The van der Waals surface area contributed by atoms with Gasteiger partial charge in [-0.2, -0.15) is 0 Å². The molecule has 0 unspecified atom stereocenters. The predicted molar refractivity (Wildman–Crippen MR) is 78.4 cm³/mol. The van der Waals surface area contributed by atoms with Crippen LogP contribution in [0.4, 0.5) is 0 Å². The summed E-state index contributed by atoms with van der Waals surface area (Å²) in [5.74, 6) is -1.06. The Morgan fingerprint density at radius 2 is 1.95 bits per heavy atom. The minimum atomic E-state index is -3.76. The molecular weight excluding hydrogens is 402 g/mol. The molecule has 8 heteroatoms. The van der Waals surface area contributed by atoms with Crippen molar-refractivity contribution >= 4 is 47.9 Å². The van der Waals surface area contributed by atoms with Gasteiger partial charge in [0.25, 0.3) is 0 Å². The van der Waals surface area contributed by atoms with Gasteiger partial charge in [-0.1, -0.05) is 15.9 Å². The first-order valence-electron chi connectivity index (χ1n) is 5.24. The van der Waals surface area contributed by atoms with Crippen LogP contribution in [0.1, 0.15) is 13.8 Å². The molecule has 0 fully saturated rings. The van der Waals surface area contributed by atoms with Crippen LogP contribution >= 0.6 is 31.9 Å². The van der Waals surface area contributed by atoms with Crippen molar-refractivity contribution < 1.29 is 18.3 Å². The first kappa shape index (κ1) is 16.6. The van der Waals surface area contributed by atoms with E-state index in [1.807, 2.05) is 0 Å². The first-order valence-corrected chi connectivity index (χ1v) is 8.31. The maximum absolute atomic E-state index is 12.1. The topological polar surface area (TPSA) is 83.5 Å². The molecule has 1 aromatic rings. The summed E-state index contributed by atoms with van der Waals surface area (Å²) in [5, 5.41) is 8.95. The molecule has 0 bridgehead atoms. The number of hydrogen-bond acceptors (Lipinski definition) is 3. The van der Waals surface area contributed by atoms with Crippen LogP contribution in [0.15, 0.2) is 32.0 Å². The van der Waals surface area contributed by atoms with Gasteiger partial charge >= 0.3 is 5.97 Å². The van der Waals surface area contributed by atoms with Crippen molar-refractivity contribution in [3.8, 4) is 0 Å². The number of rotatable bonds is 5. The molecule has 0 heterocycles. The molecule has 2 N–H and O–H groups in total. The fraction of sp³-hybridized carbons (Fsp3) is 0.364. The number of sulfonamides is 1. The molecule has 1 aromatic carbocycles. The van der Waals surface area contributed by atoms with Gasteiger partial charge in [-0.25, -0.2) is 13.1 Å². The molecule has 106 valence electrons. The number of carboxylic acid groups (broad SMARTS) is 1.